The van der Waals surface area contributed by atoms with Crippen LogP contribution >= 0.6 is 11.3 Å². The van der Waals surface area contributed by atoms with Crippen LogP contribution in [0.15, 0.2) is 23.6 Å². The molecule has 2 nitrogen and oxygen atoms in total. The molecule has 1 heterocycles. The lowest BCUT2D eigenvalue weighted by Crippen LogP contribution is -1.98. The molecule has 0 atom stereocenters. The molecule has 1 aromatic carbocycles. The summed E-state index contributed by atoms with van der Waals surface area (Å²) in [5.41, 5.74) is 6.14. The van der Waals surface area contributed by atoms with Gasteiger partial charge in [-0.2, -0.15) is 0 Å². The molecule has 0 unspecified atom stereocenters. The van der Waals surface area contributed by atoms with Crippen molar-refractivity contribution in [2.75, 3.05) is 6.54 Å². The van der Waals surface area contributed by atoms with Gasteiger partial charge in [-0.05, 0) is 37.9 Å². The number of halogens is 2. The van der Waals surface area contributed by atoms with Crippen molar-refractivity contribution in [3.63, 3.8) is 0 Å². The first kappa shape index (κ1) is 13.1. The van der Waals surface area contributed by atoms with E-state index < -0.39 is 11.6 Å². The fourth-order valence-electron chi connectivity index (χ4n) is 1.67. The van der Waals surface area contributed by atoms with E-state index in [1.54, 1.807) is 5.38 Å². The molecule has 0 aliphatic carbocycles. The van der Waals surface area contributed by atoms with Gasteiger partial charge in [-0.3, -0.25) is 0 Å². The van der Waals surface area contributed by atoms with Gasteiger partial charge >= 0.3 is 0 Å². The van der Waals surface area contributed by atoms with Crippen LogP contribution in [-0.4, -0.2) is 11.5 Å². The van der Waals surface area contributed by atoms with Crippen LogP contribution in [0.5, 0.6) is 0 Å². The summed E-state index contributed by atoms with van der Waals surface area (Å²) in [5, 5.41) is 2.69. The summed E-state index contributed by atoms with van der Waals surface area (Å²) in [5.74, 6) is -1.68. The molecule has 2 aromatic rings. The normalized spacial score (nSPS) is 10.8. The highest BCUT2D eigenvalue weighted by Gasteiger charge is 2.12. The van der Waals surface area contributed by atoms with Crippen molar-refractivity contribution in [2.24, 2.45) is 5.73 Å². The van der Waals surface area contributed by atoms with Gasteiger partial charge in [0.15, 0.2) is 11.6 Å². The lowest BCUT2D eigenvalue weighted by Gasteiger charge is -1.99. The second-order valence-electron chi connectivity index (χ2n) is 3.97. The van der Waals surface area contributed by atoms with Gasteiger partial charge in [0.1, 0.15) is 0 Å². The predicted molar refractivity (Wildman–Crippen MR) is 69.5 cm³/mol. The monoisotopic (exact) mass is 268 g/mol. The second kappa shape index (κ2) is 6.02. The Labute approximate surface area is 108 Å². The highest BCUT2D eigenvalue weighted by Crippen LogP contribution is 2.26. The maximum Gasteiger partial charge on any atom is 0.168 e. The Hall–Kier alpha value is -1.33. The van der Waals surface area contributed by atoms with Crippen LogP contribution in [-0.2, 0) is 6.42 Å². The minimum Gasteiger partial charge on any atom is -0.330 e. The molecule has 1 aromatic heterocycles. The zero-order valence-corrected chi connectivity index (χ0v) is 10.6. The van der Waals surface area contributed by atoms with Crippen molar-refractivity contribution >= 4 is 11.3 Å². The van der Waals surface area contributed by atoms with E-state index in [1.165, 1.54) is 23.5 Å². The lowest BCUT2D eigenvalue weighted by molar-refractivity contribution is 0.511. The van der Waals surface area contributed by atoms with E-state index in [9.17, 15) is 8.78 Å². The molecular weight excluding hydrogens is 254 g/mol. The number of thiazole rings is 1. The van der Waals surface area contributed by atoms with Crippen molar-refractivity contribution in [3.8, 4) is 11.3 Å². The van der Waals surface area contributed by atoms with E-state index in [1.807, 2.05) is 0 Å². The summed E-state index contributed by atoms with van der Waals surface area (Å²) >= 11 is 1.47. The second-order valence-corrected chi connectivity index (χ2v) is 4.92. The van der Waals surface area contributed by atoms with Crippen molar-refractivity contribution < 1.29 is 8.78 Å². The first-order chi connectivity index (χ1) is 8.72. The largest absolute Gasteiger partial charge is 0.330 e. The number of benzene rings is 1. The number of aryl methyl sites for hydroxylation is 1. The van der Waals surface area contributed by atoms with E-state index in [2.05, 4.69) is 4.98 Å². The van der Waals surface area contributed by atoms with Gasteiger partial charge in [-0.15, -0.1) is 11.3 Å². The van der Waals surface area contributed by atoms with Gasteiger partial charge in [0.2, 0.25) is 0 Å². The number of nitrogens with two attached hydrogens (primary N) is 1. The number of hydrogen-bond donors (Lipinski definition) is 1. The van der Waals surface area contributed by atoms with Crippen molar-refractivity contribution in [3.05, 3.63) is 40.2 Å². The minimum atomic E-state index is -0.842. The quantitative estimate of drug-likeness (QED) is 0.844. The van der Waals surface area contributed by atoms with E-state index in [-0.39, 0.29) is 5.56 Å². The molecule has 0 amide bonds. The van der Waals surface area contributed by atoms with Crippen molar-refractivity contribution in [1.29, 1.82) is 0 Å². The first-order valence-electron chi connectivity index (χ1n) is 5.81. The molecular formula is C13H14F2N2S. The van der Waals surface area contributed by atoms with E-state index in [0.717, 1.165) is 30.3 Å². The lowest BCUT2D eigenvalue weighted by atomic mass is 10.1. The summed E-state index contributed by atoms with van der Waals surface area (Å²) < 4.78 is 26.7. The molecule has 2 N–H and O–H groups in total. The molecule has 18 heavy (non-hydrogen) atoms. The molecule has 5 heteroatoms. The topological polar surface area (TPSA) is 38.9 Å². The fraction of sp³-hybridized carbons (Fsp3) is 0.308. The highest BCUT2D eigenvalue weighted by atomic mass is 32.1. The van der Waals surface area contributed by atoms with Gasteiger partial charge in [0.25, 0.3) is 0 Å². The van der Waals surface area contributed by atoms with Crippen LogP contribution in [0.2, 0.25) is 0 Å². The number of hydrogen-bond acceptors (Lipinski definition) is 3. The highest BCUT2D eigenvalue weighted by molar-refractivity contribution is 7.09. The van der Waals surface area contributed by atoms with Gasteiger partial charge in [0, 0.05) is 10.9 Å². The summed E-state index contributed by atoms with van der Waals surface area (Å²) in [6.45, 7) is 0.663. The summed E-state index contributed by atoms with van der Waals surface area (Å²) in [7, 11) is 0. The van der Waals surface area contributed by atoms with Gasteiger partial charge in [0.05, 0.1) is 10.7 Å². The molecule has 0 bridgehead atoms. The maximum atomic E-state index is 13.6. The third-order valence-corrected chi connectivity index (χ3v) is 3.53. The molecule has 0 fully saturated rings. The smallest absolute Gasteiger partial charge is 0.168 e. The molecule has 0 aliphatic rings. The maximum absolute atomic E-state index is 13.6. The molecule has 0 spiro atoms. The fourth-order valence-corrected chi connectivity index (χ4v) is 2.51. The Morgan fingerprint density at radius 2 is 2.06 bits per heavy atom. The Kier molecular flexibility index (Phi) is 4.38. The number of nitrogens with zero attached hydrogens (tertiary/aromatic N) is 1. The Morgan fingerprint density at radius 1 is 1.22 bits per heavy atom. The molecule has 0 saturated carbocycles. The first-order valence-corrected chi connectivity index (χ1v) is 6.69. The summed E-state index contributed by atoms with van der Waals surface area (Å²) in [6.07, 6.45) is 2.75. The van der Waals surface area contributed by atoms with E-state index in [4.69, 9.17) is 5.73 Å². The van der Waals surface area contributed by atoms with Gasteiger partial charge in [-0.1, -0.05) is 6.07 Å². The number of unbranched alkanes of at least 4 members (excludes halogenated alkanes) is 1. The zero-order valence-electron chi connectivity index (χ0n) is 9.83. The van der Waals surface area contributed by atoms with Crippen LogP contribution < -0.4 is 5.73 Å². The molecule has 0 saturated heterocycles. The Balaban J connectivity index is 2.16. The van der Waals surface area contributed by atoms with Crippen LogP contribution in [0, 0.1) is 11.6 Å². The zero-order chi connectivity index (χ0) is 13.0. The van der Waals surface area contributed by atoms with Gasteiger partial charge < -0.3 is 5.73 Å². The Morgan fingerprint density at radius 3 is 2.83 bits per heavy atom. The average Bonchev–Trinajstić information content (AvgIpc) is 2.82. The molecule has 0 radical (unpaired) electrons. The standard InChI is InChI=1S/C13H14F2N2S/c14-10-5-3-4-9(13(10)15)11-8-18-12(17-11)6-1-2-7-16/h3-5,8H,1-2,6-7,16H2. The van der Waals surface area contributed by atoms with Crippen LogP contribution in [0.4, 0.5) is 8.78 Å². The SMILES string of the molecule is NCCCCc1nc(-c2cccc(F)c2F)cs1. The molecule has 96 valence electrons. The number of rotatable bonds is 5. The van der Waals surface area contributed by atoms with Gasteiger partial charge in [-0.25, -0.2) is 13.8 Å². The van der Waals surface area contributed by atoms with Crippen LogP contribution in [0.1, 0.15) is 17.8 Å². The van der Waals surface area contributed by atoms with Crippen LogP contribution in [0.3, 0.4) is 0 Å². The van der Waals surface area contributed by atoms with E-state index >= 15 is 0 Å². The van der Waals surface area contributed by atoms with Crippen LogP contribution in [0.25, 0.3) is 11.3 Å². The van der Waals surface area contributed by atoms with E-state index in [0.29, 0.717) is 12.2 Å². The Bertz CT molecular complexity index is 525. The van der Waals surface area contributed by atoms with Crippen molar-refractivity contribution in [2.45, 2.75) is 19.3 Å². The third kappa shape index (κ3) is 2.91. The third-order valence-electron chi connectivity index (χ3n) is 2.62. The minimum absolute atomic E-state index is 0.219. The number of aromatic nitrogens is 1. The van der Waals surface area contributed by atoms with Crippen molar-refractivity contribution in [1.82, 2.24) is 4.98 Å². The predicted octanol–water partition coefficient (Wildman–Crippen LogP) is 3.37. The summed E-state index contributed by atoms with van der Waals surface area (Å²) in [6, 6.07) is 4.13. The average molecular weight is 268 g/mol. The molecule has 0 aliphatic heterocycles. The summed E-state index contributed by atoms with van der Waals surface area (Å²) in [4.78, 5) is 4.33. The molecule has 2 rings (SSSR count).